The molecule has 5 aromatic rings. The Labute approximate surface area is 189 Å². The van der Waals surface area contributed by atoms with Gasteiger partial charge >= 0.3 is 0 Å². The summed E-state index contributed by atoms with van der Waals surface area (Å²) >= 11 is 0. The number of carbonyl (C=O) groups is 2. The number of aromatic amines is 1. The Balaban J connectivity index is 1.54. The van der Waals surface area contributed by atoms with Gasteiger partial charge in [0, 0.05) is 27.4 Å². The zero-order chi connectivity index (χ0) is 22.5. The molecule has 0 unspecified atom stereocenters. The van der Waals surface area contributed by atoms with Gasteiger partial charge < -0.3 is 10.3 Å². The molecular weight excluding hydrogens is 410 g/mol. The molecule has 0 atom stereocenters. The Kier molecular flexibility index (Phi) is 4.23. The van der Waals surface area contributed by atoms with Crippen molar-refractivity contribution in [1.29, 1.82) is 0 Å². The number of anilines is 1. The van der Waals surface area contributed by atoms with E-state index in [1.807, 2.05) is 67.6 Å². The number of H-pyrrole nitrogens is 1. The summed E-state index contributed by atoms with van der Waals surface area (Å²) in [6, 6.07) is 25.3. The molecule has 1 aliphatic carbocycles. The van der Waals surface area contributed by atoms with Crippen LogP contribution in [0, 0.1) is 6.92 Å². The van der Waals surface area contributed by atoms with E-state index in [1.54, 1.807) is 18.2 Å². The van der Waals surface area contributed by atoms with Crippen LogP contribution in [0.4, 0.5) is 5.82 Å². The predicted molar refractivity (Wildman–Crippen MR) is 131 cm³/mol. The van der Waals surface area contributed by atoms with E-state index >= 15 is 0 Å². The molecule has 0 radical (unpaired) electrons. The average molecular weight is 429 g/mol. The van der Waals surface area contributed by atoms with Crippen LogP contribution >= 0.6 is 0 Å². The zero-order valence-corrected chi connectivity index (χ0v) is 17.8. The van der Waals surface area contributed by atoms with Crippen LogP contribution in [-0.2, 0) is 4.79 Å². The van der Waals surface area contributed by atoms with Crippen molar-refractivity contribution < 1.29 is 9.59 Å². The van der Waals surface area contributed by atoms with Crippen molar-refractivity contribution in [3.05, 3.63) is 101 Å². The number of allylic oxidation sites excluding steroid dienone is 1. The first kappa shape index (κ1) is 19.2. The van der Waals surface area contributed by atoms with E-state index in [9.17, 15) is 9.59 Å². The van der Waals surface area contributed by atoms with Crippen LogP contribution in [0.3, 0.4) is 0 Å². The fourth-order valence-corrected chi connectivity index (χ4v) is 4.36. The fourth-order valence-electron chi connectivity index (χ4n) is 4.36. The molecule has 6 rings (SSSR count). The maximum atomic E-state index is 12.8. The normalized spacial score (nSPS) is 13.3. The molecule has 0 amide bonds. The van der Waals surface area contributed by atoms with Gasteiger partial charge in [-0.2, -0.15) is 0 Å². The highest BCUT2D eigenvalue weighted by Gasteiger charge is 2.28. The topological polar surface area (TPSA) is 74.8 Å². The highest BCUT2D eigenvalue weighted by atomic mass is 16.2. The van der Waals surface area contributed by atoms with Crippen LogP contribution in [0.25, 0.3) is 39.1 Å². The number of Topliss-reactive ketones (excluding diaryl/α,β-unsaturated/α-hetero) is 2. The van der Waals surface area contributed by atoms with E-state index < -0.39 is 11.6 Å². The number of hydrogen-bond acceptors (Lipinski definition) is 4. The van der Waals surface area contributed by atoms with Crippen molar-refractivity contribution in [2.75, 3.05) is 5.32 Å². The molecule has 2 heterocycles. The highest BCUT2D eigenvalue weighted by Crippen LogP contribution is 2.34. The van der Waals surface area contributed by atoms with Crippen molar-refractivity contribution in [2.24, 2.45) is 0 Å². The van der Waals surface area contributed by atoms with Crippen molar-refractivity contribution in [2.45, 2.75) is 6.92 Å². The molecule has 1 aliphatic rings. The van der Waals surface area contributed by atoms with Crippen LogP contribution in [-0.4, -0.2) is 21.5 Å². The molecule has 5 heteroatoms. The van der Waals surface area contributed by atoms with Gasteiger partial charge in [0.25, 0.3) is 0 Å². The summed E-state index contributed by atoms with van der Waals surface area (Å²) in [5.74, 6) is -0.566. The molecule has 158 valence electrons. The first-order chi connectivity index (χ1) is 16.1. The fraction of sp³-hybridized carbons (Fsp3) is 0.0357. The Morgan fingerprint density at radius 3 is 2.42 bits per heavy atom. The summed E-state index contributed by atoms with van der Waals surface area (Å²) in [5.41, 5.74) is 6.21. The van der Waals surface area contributed by atoms with Crippen molar-refractivity contribution >= 4 is 45.3 Å². The molecule has 0 bridgehead atoms. The van der Waals surface area contributed by atoms with E-state index in [0.717, 1.165) is 44.2 Å². The highest BCUT2D eigenvalue weighted by molar-refractivity contribution is 6.52. The Morgan fingerprint density at radius 1 is 0.818 bits per heavy atom. The van der Waals surface area contributed by atoms with Gasteiger partial charge in [-0.05, 0) is 30.7 Å². The predicted octanol–water partition coefficient (Wildman–Crippen LogP) is 5.91. The molecule has 33 heavy (non-hydrogen) atoms. The minimum absolute atomic E-state index is 0.222. The lowest BCUT2D eigenvalue weighted by Crippen LogP contribution is -2.25. The molecule has 5 nitrogen and oxygen atoms in total. The number of hydrogen-bond donors (Lipinski definition) is 2. The second-order valence-corrected chi connectivity index (χ2v) is 8.24. The maximum absolute atomic E-state index is 12.8. The average Bonchev–Trinajstić information content (AvgIpc) is 3.21. The zero-order valence-electron chi connectivity index (χ0n) is 17.8. The number of ketones is 2. The second kappa shape index (κ2) is 7.28. The number of carbonyl (C=O) groups excluding carboxylic acids is 2. The van der Waals surface area contributed by atoms with Crippen LogP contribution in [0.5, 0.6) is 0 Å². The van der Waals surface area contributed by atoms with E-state index in [2.05, 4.69) is 16.4 Å². The third kappa shape index (κ3) is 3.13. The van der Waals surface area contributed by atoms with Crippen molar-refractivity contribution in [1.82, 2.24) is 9.97 Å². The Bertz CT molecular complexity index is 1620. The number of rotatable bonds is 3. The molecule has 0 saturated heterocycles. The molecule has 0 saturated carbocycles. The maximum Gasteiger partial charge on any atom is 0.249 e. The summed E-state index contributed by atoms with van der Waals surface area (Å²) in [5, 5.41) is 5.20. The minimum atomic E-state index is -0.564. The van der Waals surface area contributed by atoms with Gasteiger partial charge in [-0.25, -0.2) is 4.98 Å². The number of fused-ring (bicyclic) bond motifs is 4. The van der Waals surface area contributed by atoms with Gasteiger partial charge in [0.2, 0.25) is 11.6 Å². The quantitative estimate of drug-likeness (QED) is 0.350. The standard InChI is InChI=1S/C28H19N3O2/c1-16-10-12-17(13-11-16)25-26-21(20-8-4-5-9-22(20)30-26)15-24(31-25)29-23-14-18-6-2-3-7-19(18)27(32)28(23)33/h2-15,30H,1H3,(H,29,31). The SMILES string of the molecule is Cc1ccc(-c2nc(NC3=Cc4ccccc4C(=O)C3=O)cc3c2[nH]c2ccccc23)cc1. The summed E-state index contributed by atoms with van der Waals surface area (Å²) in [4.78, 5) is 33.8. The first-order valence-corrected chi connectivity index (χ1v) is 10.7. The van der Waals surface area contributed by atoms with E-state index in [0.29, 0.717) is 11.4 Å². The summed E-state index contributed by atoms with van der Waals surface area (Å²) in [7, 11) is 0. The third-order valence-corrected chi connectivity index (χ3v) is 6.04. The minimum Gasteiger partial charge on any atom is -0.353 e. The number of nitrogens with zero attached hydrogens (tertiary/aromatic N) is 1. The number of para-hydroxylation sites is 1. The number of pyridine rings is 1. The smallest absolute Gasteiger partial charge is 0.249 e. The van der Waals surface area contributed by atoms with Gasteiger partial charge in [-0.3, -0.25) is 9.59 Å². The largest absolute Gasteiger partial charge is 0.353 e. The van der Waals surface area contributed by atoms with Gasteiger partial charge in [-0.1, -0.05) is 72.3 Å². The summed E-state index contributed by atoms with van der Waals surface area (Å²) in [6.45, 7) is 2.05. The molecule has 0 spiro atoms. The van der Waals surface area contributed by atoms with Gasteiger partial charge in [-0.15, -0.1) is 0 Å². The van der Waals surface area contributed by atoms with Gasteiger partial charge in [0.1, 0.15) is 5.82 Å². The monoisotopic (exact) mass is 429 g/mol. The summed E-state index contributed by atoms with van der Waals surface area (Å²) in [6.07, 6.45) is 1.71. The molecule has 3 aromatic carbocycles. The van der Waals surface area contributed by atoms with Gasteiger partial charge in [0.15, 0.2) is 0 Å². The van der Waals surface area contributed by atoms with Crippen LogP contribution in [0.15, 0.2) is 84.6 Å². The van der Waals surface area contributed by atoms with E-state index in [-0.39, 0.29) is 5.70 Å². The van der Waals surface area contributed by atoms with Crippen LogP contribution in [0.2, 0.25) is 0 Å². The Hall–Kier alpha value is -4.51. The molecule has 2 aromatic heterocycles. The number of nitrogens with one attached hydrogen (secondary N) is 2. The first-order valence-electron chi connectivity index (χ1n) is 10.7. The lowest BCUT2D eigenvalue weighted by Gasteiger charge is -2.16. The lowest BCUT2D eigenvalue weighted by atomic mass is 9.93. The van der Waals surface area contributed by atoms with E-state index in [1.165, 1.54) is 0 Å². The van der Waals surface area contributed by atoms with Crippen molar-refractivity contribution in [3.63, 3.8) is 0 Å². The lowest BCUT2D eigenvalue weighted by molar-refractivity contribution is -0.111. The summed E-state index contributed by atoms with van der Waals surface area (Å²) < 4.78 is 0. The number of aryl methyl sites for hydroxylation is 1. The number of aromatic nitrogens is 2. The molecular formula is C28H19N3O2. The third-order valence-electron chi connectivity index (χ3n) is 6.04. The van der Waals surface area contributed by atoms with Crippen molar-refractivity contribution in [3.8, 4) is 11.3 Å². The Morgan fingerprint density at radius 2 is 1.58 bits per heavy atom. The van der Waals surface area contributed by atoms with E-state index in [4.69, 9.17) is 4.98 Å². The number of benzene rings is 3. The van der Waals surface area contributed by atoms with Crippen LogP contribution in [0.1, 0.15) is 21.5 Å². The second-order valence-electron chi connectivity index (χ2n) is 8.24. The molecule has 2 N–H and O–H groups in total. The molecule has 0 aliphatic heterocycles. The van der Waals surface area contributed by atoms with Crippen LogP contribution < -0.4 is 5.32 Å². The van der Waals surface area contributed by atoms with Gasteiger partial charge in [0.05, 0.1) is 16.9 Å². The molecule has 0 fully saturated rings.